The average Bonchev–Trinajstić information content (AvgIpc) is 3.15. The lowest BCUT2D eigenvalue weighted by Gasteiger charge is -2.13. The minimum atomic E-state index is -0.129. The number of rotatable bonds is 6. The van der Waals surface area contributed by atoms with Gasteiger partial charge in [0.1, 0.15) is 22.4 Å². The van der Waals surface area contributed by atoms with Crippen LogP contribution in [0.25, 0.3) is 38.9 Å². The van der Waals surface area contributed by atoms with Crippen molar-refractivity contribution < 1.29 is 9.47 Å². The molecule has 0 bridgehead atoms. The van der Waals surface area contributed by atoms with Crippen LogP contribution in [0.1, 0.15) is 20.3 Å². The highest BCUT2D eigenvalue weighted by atomic mass is 16.5. The quantitative estimate of drug-likeness (QED) is 0.388. The van der Waals surface area contributed by atoms with Crippen molar-refractivity contribution in [2.75, 3.05) is 14.2 Å². The van der Waals surface area contributed by atoms with Crippen LogP contribution in [-0.4, -0.2) is 38.3 Å². The van der Waals surface area contributed by atoms with E-state index in [0.29, 0.717) is 51.8 Å². The van der Waals surface area contributed by atoms with Crippen LogP contribution in [0.4, 0.5) is 0 Å². The van der Waals surface area contributed by atoms with Gasteiger partial charge in [-0.25, -0.2) is 15.0 Å². The Balaban J connectivity index is 1.91. The molecule has 33 heavy (non-hydrogen) atoms. The molecule has 3 heterocycles. The standard InChI is InChI=1S/C25H25N5O3/c1-15(2)11-12-29-14-26-23-21(25(29)31)22-24(28-18-8-6-5-7-17(18)27-22)30(23)19-13-16(32-3)9-10-20(19)33-4/h5-10,13-15H,11-12H2,1-4H3. The van der Waals surface area contributed by atoms with Crippen molar-refractivity contribution in [2.45, 2.75) is 26.8 Å². The normalized spacial score (nSPS) is 11.7. The Morgan fingerprint density at radius 1 is 0.970 bits per heavy atom. The van der Waals surface area contributed by atoms with Crippen molar-refractivity contribution in [3.8, 4) is 17.2 Å². The average molecular weight is 444 g/mol. The van der Waals surface area contributed by atoms with Gasteiger partial charge in [0, 0.05) is 12.6 Å². The summed E-state index contributed by atoms with van der Waals surface area (Å²) in [6.45, 7) is 4.86. The van der Waals surface area contributed by atoms with E-state index in [1.54, 1.807) is 25.1 Å². The van der Waals surface area contributed by atoms with E-state index in [2.05, 4.69) is 13.8 Å². The molecule has 0 aliphatic heterocycles. The molecule has 0 unspecified atom stereocenters. The molecule has 8 nitrogen and oxygen atoms in total. The molecule has 5 aromatic rings. The molecule has 0 fully saturated rings. The summed E-state index contributed by atoms with van der Waals surface area (Å²) in [6.07, 6.45) is 2.48. The summed E-state index contributed by atoms with van der Waals surface area (Å²) in [6, 6.07) is 13.1. The van der Waals surface area contributed by atoms with Crippen LogP contribution < -0.4 is 15.0 Å². The maximum atomic E-state index is 13.6. The van der Waals surface area contributed by atoms with Gasteiger partial charge < -0.3 is 9.47 Å². The minimum absolute atomic E-state index is 0.129. The van der Waals surface area contributed by atoms with Crippen LogP contribution in [0.2, 0.25) is 0 Å². The second-order valence-electron chi connectivity index (χ2n) is 8.38. The first-order valence-corrected chi connectivity index (χ1v) is 10.9. The highest BCUT2D eigenvalue weighted by Gasteiger charge is 2.23. The summed E-state index contributed by atoms with van der Waals surface area (Å²) in [5, 5.41) is 0.444. The summed E-state index contributed by atoms with van der Waals surface area (Å²) in [5.74, 6) is 1.73. The molecule has 0 atom stereocenters. The fourth-order valence-electron chi connectivity index (χ4n) is 4.03. The first-order valence-electron chi connectivity index (χ1n) is 10.9. The highest BCUT2D eigenvalue weighted by Crippen LogP contribution is 2.34. The first kappa shape index (κ1) is 20.9. The molecular formula is C25H25N5O3. The Hall–Kier alpha value is -3.94. The van der Waals surface area contributed by atoms with Crippen molar-refractivity contribution >= 4 is 33.2 Å². The Kier molecular flexibility index (Phi) is 5.20. The van der Waals surface area contributed by atoms with Crippen LogP contribution in [-0.2, 0) is 6.54 Å². The van der Waals surface area contributed by atoms with E-state index >= 15 is 0 Å². The molecule has 2 aromatic carbocycles. The molecule has 0 radical (unpaired) electrons. The van der Waals surface area contributed by atoms with Crippen molar-refractivity contribution in [2.24, 2.45) is 5.92 Å². The van der Waals surface area contributed by atoms with Gasteiger partial charge in [0.2, 0.25) is 0 Å². The number of nitrogens with zero attached hydrogens (tertiary/aromatic N) is 5. The predicted octanol–water partition coefficient (Wildman–Crippen LogP) is 4.35. The zero-order valence-corrected chi connectivity index (χ0v) is 19.1. The number of benzene rings is 2. The molecule has 0 saturated heterocycles. The van der Waals surface area contributed by atoms with E-state index in [-0.39, 0.29) is 5.56 Å². The van der Waals surface area contributed by atoms with Crippen molar-refractivity contribution in [1.82, 2.24) is 24.1 Å². The number of hydrogen-bond donors (Lipinski definition) is 0. The molecule has 0 N–H and O–H groups in total. The molecule has 0 amide bonds. The lowest BCUT2D eigenvalue weighted by molar-refractivity contribution is 0.402. The van der Waals surface area contributed by atoms with Gasteiger partial charge in [0.05, 0.1) is 37.3 Å². The van der Waals surface area contributed by atoms with Gasteiger partial charge in [-0.2, -0.15) is 0 Å². The predicted molar refractivity (Wildman–Crippen MR) is 128 cm³/mol. The Morgan fingerprint density at radius 2 is 1.73 bits per heavy atom. The van der Waals surface area contributed by atoms with E-state index in [1.807, 2.05) is 47.0 Å². The lowest BCUT2D eigenvalue weighted by Crippen LogP contribution is -2.21. The second-order valence-corrected chi connectivity index (χ2v) is 8.38. The molecule has 168 valence electrons. The van der Waals surface area contributed by atoms with E-state index in [1.165, 1.54) is 0 Å². The monoisotopic (exact) mass is 443 g/mol. The van der Waals surface area contributed by atoms with Crippen LogP contribution in [0.3, 0.4) is 0 Å². The largest absolute Gasteiger partial charge is 0.497 e. The third-order valence-electron chi connectivity index (χ3n) is 5.80. The molecular weight excluding hydrogens is 418 g/mol. The van der Waals surface area contributed by atoms with Gasteiger partial charge in [-0.3, -0.25) is 13.9 Å². The van der Waals surface area contributed by atoms with E-state index in [4.69, 9.17) is 24.4 Å². The Labute approximate surface area is 190 Å². The summed E-state index contributed by atoms with van der Waals surface area (Å²) in [5.41, 5.74) is 3.54. The minimum Gasteiger partial charge on any atom is -0.497 e. The smallest absolute Gasteiger partial charge is 0.265 e. The second kappa shape index (κ2) is 8.20. The van der Waals surface area contributed by atoms with Crippen LogP contribution in [0.15, 0.2) is 53.6 Å². The lowest BCUT2D eigenvalue weighted by atomic mass is 10.1. The first-order chi connectivity index (χ1) is 16.0. The summed E-state index contributed by atoms with van der Waals surface area (Å²) in [7, 11) is 3.21. The number of aryl methyl sites for hydroxylation is 1. The number of methoxy groups -OCH3 is 2. The summed E-state index contributed by atoms with van der Waals surface area (Å²) >= 11 is 0. The van der Waals surface area contributed by atoms with Gasteiger partial charge in [0.25, 0.3) is 5.56 Å². The van der Waals surface area contributed by atoms with Crippen LogP contribution >= 0.6 is 0 Å². The zero-order chi connectivity index (χ0) is 23.1. The van der Waals surface area contributed by atoms with Crippen molar-refractivity contribution in [1.29, 1.82) is 0 Å². The van der Waals surface area contributed by atoms with Gasteiger partial charge >= 0.3 is 0 Å². The third kappa shape index (κ3) is 3.47. The summed E-state index contributed by atoms with van der Waals surface area (Å²) < 4.78 is 14.6. The zero-order valence-electron chi connectivity index (χ0n) is 19.1. The maximum absolute atomic E-state index is 13.6. The number of aromatic nitrogens is 5. The summed E-state index contributed by atoms with van der Waals surface area (Å²) in [4.78, 5) is 28.0. The molecule has 8 heteroatoms. The van der Waals surface area contributed by atoms with Crippen molar-refractivity contribution in [3.05, 3.63) is 59.1 Å². The van der Waals surface area contributed by atoms with Crippen molar-refractivity contribution in [3.63, 3.8) is 0 Å². The van der Waals surface area contributed by atoms with Gasteiger partial charge in [-0.15, -0.1) is 0 Å². The SMILES string of the molecule is COc1ccc(OC)c(-n2c3nc4ccccc4nc3c3c(=O)n(CCC(C)C)cnc32)c1. The number of hydrogen-bond acceptors (Lipinski definition) is 6. The molecule has 0 aliphatic carbocycles. The molecule has 0 saturated carbocycles. The fourth-order valence-corrected chi connectivity index (χ4v) is 4.03. The van der Waals surface area contributed by atoms with Gasteiger partial charge in [-0.05, 0) is 36.6 Å². The topological polar surface area (TPSA) is 84.1 Å². The number of para-hydroxylation sites is 2. The van der Waals surface area contributed by atoms with Crippen LogP contribution in [0.5, 0.6) is 11.5 Å². The van der Waals surface area contributed by atoms with Crippen LogP contribution in [0, 0.1) is 5.92 Å². The fraction of sp³-hybridized carbons (Fsp3) is 0.280. The number of ether oxygens (including phenoxy) is 2. The van der Waals surface area contributed by atoms with Gasteiger partial charge in [0.15, 0.2) is 11.3 Å². The van der Waals surface area contributed by atoms with E-state index in [0.717, 1.165) is 17.5 Å². The Morgan fingerprint density at radius 3 is 2.42 bits per heavy atom. The third-order valence-corrected chi connectivity index (χ3v) is 5.80. The Bertz CT molecular complexity index is 1550. The molecule has 0 aliphatic rings. The van der Waals surface area contributed by atoms with E-state index < -0.39 is 0 Å². The molecule has 0 spiro atoms. The van der Waals surface area contributed by atoms with E-state index in [9.17, 15) is 4.79 Å². The highest BCUT2D eigenvalue weighted by molar-refractivity contribution is 6.06. The number of fused-ring (bicyclic) bond motifs is 4. The van der Waals surface area contributed by atoms with Gasteiger partial charge in [-0.1, -0.05) is 26.0 Å². The molecule has 3 aromatic heterocycles. The molecule has 5 rings (SSSR count). The maximum Gasteiger partial charge on any atom is 0.265 e.